The van der Waals surface area contributed by atoms with Crippen molar-refractivity contribution in [2.24, 2.45) is 0 Å². The van der Waals surface area contributed by atoms with Crippen molar-refractivity contribution in [3.63, 3.8) is 0 Å². The van der Waals surface area contributed by atoms with E-state index in [2.05, 4.69) is 5.32 Å². The highest BCUT2D eigenvalue weighted by atomic mass is 19.3. The quantitative estimate of drug-likeness (QED) is 0.544. The van der Waals surface area contributed by atoms with E-state index in [1.54, 1.807) is 12.3 Å². The van der Waals surface area contributed by atoms with Gasteiger partial charge in [0, 0.05) is 11.3 Å². The number of halogens is 2. The summed E-state index contributed by atoms with van der Waals surface area (Å²) in [6.07, 6.45) is -0.840. The van der Waals surface area contributed by atoms with Crippen LogP contribution in [0.1, 0.15) is 12.0 Å². The normalized spacial score (nSPS) is 9.50. The molecule has 0 aliphatic rings. The van der Waals surface area contributed by atoms with Crippen molar-refractivity contribution in [3.8, 4) is 6.19 Å². The molecule has 0 bridgehead atoms. The number of hydrogen-bond donors (Lipinski definition) is 1. The van der Waals surface area contributed by atoms with E-state index in [0.717, 1.165) is 0 Å². The average Bonchev–Trinajstić information content (AvgIpc) is 2.05. The summed E-state index contributed by atoms with van der Waals surface area (Å²) >= 11 is 0. The fourth-order valence-electron chi connectivity index (χ4n) is 0.817. The number of hydrogen-bond acceptors (Lipinski definition) is 2. The van der Waals surface area contributed by atoms with Crippen LogP contribution in [0.2, 0.25) is 0 Å². The molecule has 0 aliphatic carbocycles. The van der Waals surface area contributed by atoms with Crippen LogP contribution in [0.25, 0.3) is 0 Å². The van der Waals surface area contributed by atoms with Gasteiger partial charge in [0.15, 0.2) is 6.19 Å². The van der Waals surface area contributed by atoms with E-state index in [0.29, 0.717) is 5.69 Å². The number of anilines is 1. The van der Waals surface area contributed by atoms with E-state index in [1.165, 1.54) is 18.2 Å². The van der Waals surface area contributed by atoms with Gasteiger partial charge in [-0.15, -0.1) is 0 Å². The second kappa shape index (κ2) is 3.67. The van der Waals surface area contributed by atoms with E-state index < -0.39 is 6.43 Å². The molecule has 0 radical (unpaired) electrons. The third kappa shape index (κ3) is 1.92. The van der Waals surface area contributed by atoms with Gasteiger partial charge in [0.25, 0.3) is 6.43 Å². The number of nitriles is 1. The van der Waals surface area contributed by atoms with Crippen molar-refractivity contribution in [1.82, 2.24) is 0 Å². The number of nitrogens with one attached hydrogen (secondary N) is 1. The standard InChI is InChI=1S/C8H6F2N2/c9-8(10)6-2-1-3-7(4-6)12-5-11/h1-4,8,12H. The van der Waals surface area contributed by atoms with Crippen molar-refractivity contribution in [2.45, 2.75) is 6.43 Å². The molecule has 0 spiro atoms. The summed E-state index contributed by atoms with van der Waals surface area (Å²) in [5.41, 5.74) is 0.297. The SMILES string of the molecule is N#CNc1cccc(C(F)F)c1. The van der Waals surface area contributed by atoms with Crippen LogP contribution in [-0.4, -0.2) is 0 Å². The summed E-state index contributed by atoms with van der Waals surface area (Å²) < 4.78 is 24.2. The highest BCUT2D eigenvalue weighted by molar-refractivity contribution is 5.48. The van der Waals surface area contributed by atoms with Crippen molar-refractivity contribution in [2.75, 3.05) is 5.32 Å². The van der Waals surface area contributed by atoms with Gasteiger partial charge in [0.05, 0.1) is 0 Å². The van der Waals surface area contributed by atoms with Gasteiger partial charge in [0.2, 0.25) is 0 Å². The molecule has 0 unspecified atom stereocenters. The first-order valence-electron chi connectivity index (χ1n) is 3.27. The minimum atomic E-state index is -2.49. The Balaban J connectivity index is 2.90. The molecule has 62 valence electrons. The molecule has 0 aromatic heterocycles. The van der Waals surface area contributed by atoms with Gasteiger partial charge in [-0.1, -0.05) is 12.1 Å². The lowest BCUT2D eigenvalue weighted by Crippen LogP contribution is -1.89. The Morgan fingerprint density at radius 1 is 1.42 bits per heavy atom. The van der Waals surface area contributed by atoms with Crippen molar-refractivity contribution in [3.05, 3.63) is 29.8 Å². The summed E-state index contributed by atoms with van der Waals surface area (Å²) in [6.45, 7) is 0. The summed E-state index contributed by atoms with van der Waals surface area (Å²) in [6, 6.07) is 5.58. The molecule has 1 rings (SSSR count). The minimum absolute atomic E-state index is 0.0877. The van der Waals surface area contributed by atoms with Gasteiger partial charge in [-0.25, -0.2) is 8.78 Å². The molecule has 12 heavy (non-hydrogen) atoms. The number of rotatable bonds is 2. The van der Waals surface area contributed by atoms with Crippen LogP contribution in [0.4, 0.5) is 14.5 Å². The van der Waals surface area contributed by atoms with Crippen LogP contribution >= 0.6 is 0 Å². The molecular weight excluding hydrogens is 162 g/mol. The van der Waals surface area contributed by atoms with Crippen LogP contribution in [0.3, 0.4) is 0 Å². The number of alkyl halides is 2. The maximum Gasteiger partial charge on any atom is 0.263 e. The van der Waals surface area contributed by atoms with Gasteiger partial charge in [-0.2, -0.15) is 5.26 Å². The van der Waals surface area contributed by atoms with Gasteiger partial charge < -0.3 is 0 Å². The largest absolute Gasteiger partial charge is 0.293 e. The molecule has 0 amide bonds. The zero-order chi connectivity index (χ0) is 8.97. The molecule has 0 aliphatic heterocycles. The van der Waals surface area contributed by atoms with Crippen molar-refractivity contribution < 1.29 is 8.78 Å². The molecule has 0 saturated heterocycles. The van der Waals surface area contributed by atoms with E-state index in [-0.39, 0.29) is 5.56 Å². The predicted molar refractivity (Wildman–Crippen MR) is 40.6 cm³/mol. The third-order valence-corrected chi connectivity index (χ3v) is 1.34. The van der Waals surface area contributed by atoms with E-state index in [4.69, 9.17) is 5.26 Å². The first-order chi connectivity index (χ1) is 5.74. The summed E-state index contributed by atoms with van der Waals surface area (Å²) in [4.78, 5) is 0. The molecular formula is C8H6F2N2. The number of benzene rings is 1. The molecule has 1 aromatic rings. The van der Waals surface area contributed by atoms with Crippen LogP contribution < -0.4 is 5.32 Å². The van der Waals surface area contributed by atoms with E-state index in [1.807, 2.05) is 0 Å². The Bertz CT molecular complexity index is 304. The van der Waals surface area contributed by atoms with Crippen LogP contribution in [0, 0.1) is 11.5 Å². The van der Waals surface area contributed by atoms with Gasteiger partial charge >= 0.3 is 0 Å². The second-order valence-electron chi connectivity index (χ2n) is 2.16. The lowest BCUT2D eigenvalue weighted by molar-refractivity contribution is 0.151. The molecule has 1 aromatic carbocycles. The van der Waals surface area contributed by atoms with E-state index >= 15 is 0 Å². The van der Waals surface area contributed by atoms with Gasteiger partial charge in [-0.05, 0) is 12.1 Å². The van der Waals surface area contributed by atoms with E-state index in [9.17, 15) is 8.78 Å². The highest BCUT2D eigenvalue weighted by Gasteiger charge is 2.05. The zero-order valence-corrected chi connectivity index (χ0v) is 6.09. The van der Waals surface area contributed by atoms with Crippen molar-refractivity contribution in [1.29, 1.82) is 5.26 Å². The summed E-state index contributed by atoms with van der Waals surface area (Å²) in [5, 5.41) is 10.5. The molecule has 0 fully saturated rings. The molecule has 4 heteroatoms. The lowest BCUT2D eigenvalue weighted by atomic mass is 10.2. The number of nitrogens with zero attached hydrogens (tertiary/aromatic N) is 1. The zero-order valence-electron chi connectivity index (χ0n) is 6.09. The van der Waals surface area contributed by atoms with Crippen LogP contribution in [0.15, 0.2) is 24.3 Å². The average molecular weight is 168 g/mol. The monoisotopic (exact) mass is 168 g/mol. The molecule has 0 atom stereocenters. The smallest absolute Gasteiger partial charge is 0.263 e. The Labute approximate surface area is 68.4 Å². The molecule has 0 saturated carbocycles. The second-order valence-corrected chi connectivity index (χ2v) is 2.16. The van der Waals surface area contributed by atoms with Gasteiger partial charge in [0.1, 0.15) is 0 Å². The molecule has 1 N–H and O–H groups in total. The Kier molecular flexibility index (Phi) is 2.59. The predicted octanol–water partition coefficient (Wildman–Crippen LogP) is 2.52. The topological polar surface area (TPSA) is 35.8 Å². The minimum Gasteiger partial charge on any atom is -0.293 e. The summed E-state index contributed by atoms with van der Waals surface area (Å²) in [5.74, 6) is 0. The van der Waals surface area contributed by atoms with Gasteiger partial charge in [-0.3, -0.25) is 5.32 Å². The fourth-order valence-corrected chi connectivity index (χ4v) is 0.817. The van der Waals surface area contributed by atoms with Crippen molar-refractivity contribution >= 4 is 5.69 Å². The Morgan fingerprint density at radius 3 is 2.75 bits per heavy atom. The van der Waals surface area contributed by atoms with Crippen LogP contribution in [0.5, 0.6) is 0 Å². The first-order valence-corrected chi connectivity index (χ1v) is 3.27. The lowest BCUT2D eigenvalue weighted by Gasteiger charge is -2.01. The Hall–Kier alpha value is -1.63. The maximum atomic E-state index is 12.1. The first kappa shape index (κ1) is 8.47. The van der Waals surface area contributed by atoms with Crippen LogP contribution in [-0.2, 0) is 0 Å². The molecule has 0 heterocycles. The maximum absolute atomic E-state index is 12.1. The fraction of sp³-hybridized carbons (Fsp3) is 0.125. The Morgan fingerprint density at radius 2 is 2.17 bits per heavy atom. The third-order valence-electron chi connectivity index (χ3n) is 1.34. The molecule has 2 nitrogen and oxygen atoms in total. The highest BCUT2D eigenvalue weighted by Crippen LogP contribution is 2.21. The summed E-state index contributed by atoms with van der Waals surface area (Å²) in [7, 11) is 0.